The van der Waals surface area contributed by atoms with Crippen LogP contribution in [-0.4, -0.2) is 21.9 Å². The highest BCUT2D eigenvalue weighted by atomic mass is 79.9. The van der Waals surface area contributed by atoms with Gasteiger partial charge in [0.15, 0.2) is 4.91 Å². The average Bonchev–Trinajstić information content (AvgIpc) is 2.73. The molecule has 3 rings (SSSR count). The summed E-state index contributed by atoms with van der Waals surface area (Å²) in [6.07, 6.45) is -5.02. The van der Waals surface area contributed by atoms with E-state index in [4.69, 9.17) is 0 Å². The van der Waals surface area contributed by atoms with E-state index in [1.54, 1.807) is 0 Å². The van der Waals surface area contributed by atoms with Crippen molar-refractivity contribution in [2.75, 3.05) is 0 Å². The van der Waals surface area contributed by atoms with Gasteiger partial charge in [-0.3, -0.25) is 0 Å². The third kappa shape index (κ3) is 4.56. The highest BCUT2D eigenvalue weighted by molar-refractivity contribution is 9.12. The van der Waals surface area contributed by atoms with Gasteiger partial charge in [-0.05, 0) is 18.2 Å². The van der Waals surface area contributed by atoms with E-state index in [0.29, 0.717) is 6.08 Å². The molecule has 0 amide bonds. The van der Waals surface area contributed by atoms with Crippen LogP contribution < -0.4 is 0 Å². The number of alkyl halides is 8. The van der Waals surface area contributed by atoms with Gasteiger partial charge < -0.3 is 4.55 Å². The molecule has 1 aliphatic rings. The quantitative estimate of drug-likeness (QED) is 0.185. The van der Waals surface area contributed by atoms with Gasteiger partial charge in [0.25, 0.3) is 0 Å². The van der Waals surface area contributed by atoms with Crippen molar-refractivity contribution in [1.82, 2.24) is 0 Å². The van der Waals surface area contributed by atoms with Crippen molar-refractivity contribution in [2.45, 2.75) is 21.7 Å². The number of hydrogen-bond donors (Lipinski definition) is 0. The minimum atomic E-state index is -6.75. The topological polar surface area (TPSA) is 23.1 Å². The van der Waals surface area contributed by atoms with Crippen LogP contribution >= 0.6 is 31.9 Å². The molecule has 183 valence electrons. The highest BCUT2D eigenvalue weighted by Crippen LogP contribution is 2.56. The van der Waals surface area contributed by atoms with Gasteiger partial charge in [-0.1, -0.05) is 68.3 Å². The largest absolute Gasteiger partial charge is 0.607 e. The smallest absolute Gasteiger partial charge is 0.486 e. The van der Waals surface area contributed by atoms with E-state index in [1.807, 2.05) is 0 Å². The zero-order chi connectivity index (χ0) is 25.7. The molecule has 2 atom stereocenters. The molecule has 0 saturated heterocycles. The molecule has 1 radical (unpaired) electrons. The SMILES string of the molecule is [O-][S+](C1=CC(Br)(c2ccccc2F)[CH]C(Br)=C1c1ccccc1F)C(F)(F)C(F)(F)C(F)(F)F. The Bertz CT molecular complexity index is 1160. The molecule has 1 aliphatic carbocycles. The minimum Gasteiger partial charge on any atom is -0.607 e. The van der Waals surface area contributed by atoms with E-state index in [-0.39, 0.29) is 10.0 Å². The van der Waals surface area contributed by atoms with Gasteiger partial charge >= 0.3 is 17.4 Å². The van der Waals surface area contributed by atoms with E-state index in [0.717, 1.165) is 24.6 Å². The lowest BCUT2D eigenvalue weighted by atomic mass is 9.87. The monoisotopic (exact) mass is 639 g/mol. The van der Waals surface area contributed by atoms with Crippen molar-refractivity contribution < 1.29 is 44.1 Å². The lowest BCUT2D eigenvalue weighted by Crippen LogP contribution is -2.56. The fourth-order valence-electron chi connectivity index (χ4n) is 3.10. The first-order valence-electron chi connectivity index (χ1n) is 8.96. The molecule has 2 aromatic rings. The van der Waals surface area contributed by atoms with Crippen LogP contribution in [0.4, 0.5) is 39.5 Å². The summed E-state index contributed by atoms with van der Waals surface area (Å²) < 4.78 is 134. The van der Waals surface area contributed by atoms with Crippen LogP contribution in [0.1, 0.15) is 11.1 Å². The van der Waals surface area contributed by atoms with Crippen molar-refractivity contribution in [3.8, 4) is 0 Å². The van der Waals surface area contributed by atoms with Crippen molar-refractivity contribution in [1.29, 1.82) is 0 Å². The van der Waals surface area contributed by atoms with Crippen LogP contribution in [0.25, 0.3) is 5.57 Å². The summed E-state index contributed by atoms with van der Waals surface area (Å²) in [5.74, 6) is -8.67. The van der Waals surface area contributed by atoms with E-state index in [9.17, 15) is 44.1 Å². The van der Waals surface area contributed by atoms with Gasteiger partial charge in [-0.15, -0.1) is 8.78 Å². The Morgan fingerprint density at radius 3 is 1.88 bits per heavy atom. The zero-order valence-corrected chi connectivity index (χ0v) is 20.2. The summed E-state index contributed by atoms with van der Waals surface area (Å²) in [6, 6.07) is 9.13. The maximum absolute atomic E-state index is 14.5. The van der Waals surface area contributed by atoms with Gasteiger partial charge in [-0.25, -0.2) is 8.78 Å². The molecular formula is C21H10Br2F9OS. The predicted molar refractivity (Wildman–Crippen MR) is 116 cm³/mol. The van der Waals surface area contributed by atoms with Gasteiger partial charge in [-0.2, -0.15) is 22.0 Å². The Kier molecular flexibility index (Phi) is 7.36. The second-order valence-electron chi connectivity index (χ2n) is 6.96. The molecule has 34 heavy (non-hydrogen) atoms. The molecule has 0 fully saturated rings. The fraction of sp³-hybridized carbons (Fsp3) is 0.190. The molecular weight excluding hydrogens is 631 g/mol. The maximum atomic E-state index is 14.5. The minimum absolute atomic E-state index is 0.264. The molecule has 0 heterocycles. The Morgan fingerprint density at radius 1 is 0.824 bits per heavy atom. The molecule has 0 N–H and O–H groups in total. The van der Waals surface area contributed by atoms with Crippen molar-refractivity contribution in [3.63, 3.8) is 0 Å². The standard InChI is InChI=1S/C21H10Br2F9OS/c22-13-9-18(23,12-6-2-4-8-15(12)25)10-16(17(13)11-5-1-3-7-14(11)24)34(33)21(31,32)19(26,27)20(28,29)30/h1-10H. The first kappa shape index (κ1) is 27.2. The molecule has 2 unspecified atom stereocenters. The van der Waals surface area contributed by atoms with Crippen LogP contribution in [0.3, 0.4) is 0 Å². The third-order valence-electron chi connectivity index (χ3n) is 4.75. The van der Waals surface area contributed by atoms with Crippen molar-refractivity contribution in [2.24, 2.45) is 0 Å². The molecule has 1 nitrogen and oxygen atoms in total. The fourth-order valence-corrected chi connectivity index (χ4v) is 6.58. The normalized spacial score (nSPS) is 20.9. The Morgan fingerprint density at radius 2 is 1.35 bits per heavy atom. The average molecular weight is 641 g/mol. The van der Waals surface area contributed by atoms with Crippen molar-refractivity contribution >= 4 is 48.6 Å². The van der Waals surface area contributed by atoms with Gasteiger partial charge in [0, 0.05) is 22.0 Å². The number of allylic oxidation sites excluding steroid dienone is 3. The molecule has 0 saturated carbocycles. The highest BCUT2D eigenvalue weighted by Gasteiger charge is 2.80. The van der Waals surface area contributed by atoms with Gasteiger partial charge in [0.1, 0.15) is 11.6 Å². The molecule has 0 aliphatic heterocycles. The van der Waals surface area contributed by atoms with E-state index in [2.05, 4.69) is 31.9 Å². The summed E-state index contributed by atoms with van der Waals surface area (Å²) in [5, 5.41) is -6.17. The second-order valence-corrected chi connectivity index (χ2v) is 10.6. The second kappa shape index (κ2) is 9.21. The van der Waals surface area contributed by atoms with E-state index < -0.39 is 60.5 Å². The van der Waals surface area contributed by atoms with Gasteiger partial charge in [0.2, 0.25) is 0 Å². The molecule has 0 aromatic heterocycles. The van der Waals surface area contributed by atoms with Crippen LogP contribution in [0, 0.1) is 18.1 Å². The van der Waals surface area contributed by atoms with Crippen LogP contribution in [-0.2, 0) is 15.5 Å². The van der Waals surface area contributed by atoms with Crippen LogP contribution in [0.2, 0.25) is 0 Å². The number of benzene rings is 2. The van der Waals surface area contributed by atoms with E-state index >= 15 is 0 Å². The summed E-state index contributed by atoms with van der Waals surface area (Å²) in [6.45, 7) is 0. The Balaban J connectivity index is 2.29. The van der Waals surface area contributed by atoms with Crippen molar-refractivity contribution in [3.05, 3.63) is 93.2 Å². The van der Waals surface area contributed by atoms with Gasteiger partial charge in [0.05, 0.1) is 21.1 Å². The zero-order valence-electron chi connectivity index (χ0n) is 16.2. The van der Waals surface area contributed by atoms with E-state index in [1.165, 1.54) is 30.3 Å². The Hall–Kier alpha value is -1.44. The molecule has 2 aromatic carbocycles. The van der Waals surface area contributed by atoms with Crippen LogP contribution in [0.15, 0.2) is 64.0 Å². The first-order chi connectivity index (χ1) is 15.5. The summed E-state index contributed by atoms with van der Waals surface area (Å²) in [7, 11) is 0. The molecule has 0 spiro atoms. The lowest BCUT2D eigenvalue weighted by molar-refractivity contribution is -0.331. The van der Waals surface area contributed by atoms with Crippen LogP contribution in [0.5, 0.6) is 0 Å². The third-order valence-corrected chi connectivity index (χ3v) is 7.70. The Labute approximate surface area is 207 Å². The lowest BCUT2D eigenvalue weighted by Gasteiger charge is -2.35. The molecule has 13 heteroatoms. The predicted octanol–water partition coefficient (Wildman–Crippen LogP) is 8.00. The summed E-state index contributed by atoms with van der Waals surface area (Å²) in [4.78, 5) is -1.27. The first-order valence-corrected chi connectivity index (χ1v) is 11.7. The summed E-state index contributed by atoms with van der Waals surface area (Å²) >= 11 is 1.64. The number of halogens is 11. The number of rotatable bonds is 5. The maximum Gasteiger partial charge on any atom is 0.486 e. The summed E-state index contributed by atoms with van der Waals surface area (Å²) in [5.41, 5.74) is -1.44. The molecule has 0 bridgehead atoms. The number of hydrogen-bond acceptors (Lipinski definition) is 1.